The number of diazo groups is 1. The Balaban J connectivity index is 2.42. The van der Waals surface area contributed by atoms with Gasteiger partial charge in [-0.05, 0) is 12.1 Å². The third-order valence-electron chi connectivity index (χ3n) is 3.41. The van der Waals surface area contributed by atoms with Crippen molar-refractivity contribution in [2.24, 2.45) is 0 Å². The SMILES string of the molecule is N#[N+]c1cc(S(=O)(=O)c2ccccc2)c2ccccc2c1O. The highest BCUT2D eigenvalue weighted by molar-refractivity contribution is 7.91. The first-order valence-corrected chi connectivity index (χ1v) is 7.94. The predicted octanol–water partition coefficient (Wildman–Crippen LogP) is 3.86. The number of nitrogens with zero attached hydrogens (tertiary/aromatic N) is 2. The lowest BCUT2D eigenvalue weighted by atomic mass is 10.1. The van der Waals surface area contributed by atoms with Crippen molar-refractivity contribution in [2.45, 2.75) is 9.79 Å². The second kappa shape index (κ2) is 5.13. The van der Waals surface area contributed by atoms with Crippen LogP contribution >= 0.6 is 0 Å². The highest BCUT2D eigenvalue weighted by Crippen LogP contribution is 2.40. The molecule has 0 unspecified atom stereocenters. The molecule has 3 rings (SSSR count). The molecule has 3 aromatic rings. The molecule has 0 amide bonds. The van der Waals surface area contributed by atoms with Gasteiger partial charge in [0.1, 0.15) is 0 Å². The Bertz CT molecular complexity index is 1010. The van der Waals surface area contributed by atoms with E-state index in [2.05, 4.69) is 4.98 Å². The molecule has 5 nitrogen and oxygen atoms in total. The molecule has 0 fully saturated rings. The van der Waals surface area contributed by atoms with E-state index in [-0.39, 0.29) is 21.2 Å². The smallest absolute Gasteiger partial charge is 0.428 e. The lowest BCUT2D eigenvalue weighted by Crippen LogP contribution is -2.02. The summed E-state index contributed by atoms with van der Waals surface area (Å²) in [6.07, 6.45) is 0. The van der Waals surface area contributed by atoms with E-state index in [0.717, 1.165) is 0 Å². The van der Waals surface area contributed by atoms with Gasteiger partial charge in [0.25, 0.3) is 0 Å². The molecule has 0 saturated carbocycles. The Hall–Kier alpha value is -2.91. The number of rotatable bonds is 2. The molecule has 0 saturated heterocycles. The Morgan fingerprint density at radius 3 is 2.14 bits per heavy atom. The average molecular weight is 311 g/mol. The number of sulfone groups is 1. The van der Waals surface area contributed by atoms with Crippen LogP contribution in [0.5, 0.6) is 5.75 Å². The second-order valence-electron chi connectivity index (χ2n) is 4.70. The molecule has 0 spiro atoms. The Kier molecular flexibility index (Phi) is 3.28. The largest absolute Gasteiger partial charge is 0.501 e. The van der Waals surface area contributed by atoms with E-state index < -0.39 is 9.84 Å². The molecule has 0 aliphatic carbocycles. The van der Waals surface area contributed by atoms with Gasteiger partial charge in [-0.15, -0.1) is 0 Å². The van der Waals surface area contributed by atoms with Gasteiger partial charge >= 0.3 is 5.69 Å². The van der Waals surface area contributed by atoms with Crippen molar-refractivity contribution in [3.05, 3.63) is 65.6 Å². The zero-order valence-electron chi connectivity index (χ0n) is 11.3. The quantitative estimate of drug-likeness (QED) is 0.728. The number of hydrogen-bond donors (Lipinski definition) is 1. The zero-order chi connectivity index (χ0) is 15.7. The molecule has 6 heteroatoms. The van der Waals surface area contributed by atoms with E-state index in [1.54, 1.807) is 42.5 Å². The van der Waals surface area contributed by atoms with E-state index >= 15 is 0 Å². The average Bonchev–Trinajstić information content (AvgIpc) is 2.56. The monoisotopic (exact) mass is 311 g/mol. The minimum absolute atomic E-state index is 0.0140. The zero-order valence-corrected chi connectivity index (χ0v) is 12.2. The van der Waals surface area contributed by atoms with Crippen LogP contribution in [0, 0.1) is 5.39 Å². The second-order valence-corrected chi connectivity index (χ2v) is 6.62. The summed E-state index contributed by atoms with van der Waals surface area (Å²) in [6.45, 7) is 0. The molecule has 0 radical (unpaired) electrons. The summed E-state index contributed by atoms with van der Waals surface area (Å²) in [5, 5.41) is 19.8. The van der Waals surface area contributed by atoms with Gasteiger partial charge in [-0.25, -0.2) is 8.42 Å². The van der Waals surface area contributed by atoms with Crippen molar-refractivity contribution >= 4 is 26.3 Å². The molecule has 0 heterocycles. The maximum atomic E-state index is 12.8. The summed E-state index contributed by atoms with van der Waals surface area (Å²) < 4.78 is 25.6. The maximum absolute atomic E-state index is 12.8. The van der Waals surface area contributed by atoms with Crippen molar-refractivity contribution in [2.75, 3.05) is 0 Å². The summed E-state index contributed by atoms with van der Waals surface area (Å²) in [4.78, 5) is 3.09. The first-order valence-electron chi connectivity index (χ1n) is 6.45. The molecule has 22 heavy (non-hydrogen) atoms. The predicted molar refractivity (Wildman–Crippen MR) is 82.3 cm³/mol. The van der Waals surface area contributed by atoms with Crippen molar-refractivity contribution in [1.29, 1.82) is 5.39 Å². The van der Waals surface area contributed by atoms with Gasteiger partial charge in [-0.2, -0.15) is 0 Å². The normalized spacial score (nSPS) is 11.2. The minimum Gasteiger partial charge on any atom is -0.501 e. The van der Waals surface area contributed by atoms with Crippen molar-refractivity contribution in [3.63, 3.8) is 0 Å². The standard InChI is InChI=1S/C16H10N2O3S/c17-18-14-10-15(12-8-4-5-9-13(12)16(14)19)22(20,21)11-6-2-1-3-7-11/h1-10H/p+1. The van der Waals surface area contributed by atoms with Crippen molar-refractivity contribution in [3.8, 4) is 5.75 Å². The number of phenols is 1. The van der Waals surface area contributed by atoms with Crippen LogP contribution in [0.25, 0.3) is 15.7 Å². The summed E-state index contributed by atoms with van der Waals surface area (Å²) >= 11 is 0. The molecular formula is C16H11N2O3S+. The first kappa shape index (κ1) is 14.0. The molecule has 0 aliphatic heterocycles. The van der Waals surface area contributed by atoms with Crippen LogP contribution in [0.1, 0.15) is 0 Å². The van der Waals surface area contributed by atoms with Crippen LogP contribution in [0.2, 0.25) is 0 Å². The molecule has 108 valence electrons. The highest BCUT2D eigenvalue weighted by atomic mass is 32.2. The summed E-state index contributed by atoms with van der Waals surface area (Å²) in [7, 11) is -3.80. The summed E-state index contributed by atoms with van der Waals surface area (Å²) in [5.74, 6) is -0.259. The van der Waals surface area contributed by atoms with E-state index in [4.69, 9.17) is 5.39 Å². The topological polar surface area (TPSA) is 82.5 Å². The number of benzene rings is 3. The van der Waals surface area contributed by atoms with Crippen LogP contribution in [0.3, 0.4) is 0 Å². The molecule has 0 atom stereocenters. The fraction of sp³-hybridized carbons (Fsp3) is 0. The minimum atomic E-state index is -3.80. The number of fused-ring (bicyclic) bond motifs is 1. The molecule has 0 aromatic heterocycles. The van der Waals surface area contributed by atoms with Gasteiger partial charge < -0.3 is 5.11 Å². The van der Waals surface area contributed by atoms with E-state index in [1.165, 1.54) is 18.2 Å². The Morgan fingerprint density at radius 1 is 0.909 bits per heavy atom. The summed E-state index contributed by atoms with van der Waals surface area (Å²) in [5.41, 5.74) is -0.187. The van der Waals surface area contributed by atoms with E-state index in [1.807, 2.05) is 0 Å². The summed E-state index contributed by atoms with van der Waals surface area (Å²) in [6, 6.07) is 15.7. The van der Waals surface area contributed by atoms with Crippen LogP contribution in [-0.4, -0.2) is 13.5 Å². The van der Waals surface area contributed by atoms with Gasteiger partial charge in [0.05, 0.1) is 15.9 Å². The first-order chi connectivity index (χ1) is 10.6. The van der Waals surface area contributed by atoms with Gasteiger partial charge in [-0.1, -0.05) is 42.5 Å². The molecule has 3 aromatic carbocycles. The number of aromatic hydroxyl groups is 1. The number of phenolic OH excluding ortho intramolecular Hbond substituents is 1. The molecular weight excluding hydrogens is 300 g/mol. The third-order valence-corrected chi connectivity index (χ3v) is 5.22. The lowest BCUT2D eigenvalue weighted by molar-refractivity contribution is 0.484. The van der Waals surface area contributed by atoms with Crippen molar-refractivity contribution < 1.29 is 13.5 Å². The van der Waals surface area contributed by atoms with E-state index in [9.17, 15) is 13.5 Å². The van der Waals surface area contributed by atoms with Gasteiger partial charge in [0.15, 0.2) is 4.98 Å². The third kappa shape index (κ3) is 2.08. The molecule has 1 N–H and O–H groups in total. The molecule has 0 aliphatic rings. The van der Waals surface area contributed by atoms with Crippen LogP contribution in [0.4, 0.5) is 5.69 Å². The van der Waals surface area contributed by atoms with Crippen molar-refractivity contribution in [1.82, 2.24) is 0 Å². The fourth-order valence-electron chi connectivity index (χ4n) is 2.34. The number of hydrogen-bond acceptors (Lipinski definition) is 4. The van der Waals surface area contributed by atoms with Gasteiger partial charge in [-0.3, -0.25) is 0 Å². The highest BCUT2D eigenvalue weighted by Gasteiger charge is 2.27. The van der Waals surface area contributed by atoms with Crippen LogP contribution in [-0.2, 0) is 9.84 Å². The lowest BCUT2D eigenvalue weighted by Gasteiger charge is -2.08. The molecule has 0 bridgehead atoms. The maximum Gasteiger partial charge on any atom is 0.428 e. The fourth-order valence-corrected chi connectivity index (χ4v) is 3.84. The van der Waals surface area contributed by atoms with Crippen LogP contribution < -0.4 is 0 Å². The van der Waals surface area contributed by atoms with Gasteiger partial charge in [0, 0.05) is 10.8 Å². The van der Waals surface area contributed by atoms with Gasteiger partial charge in [0.2, 0.25) is 21.0 Å². The Morgan fingerprint density at radius 2 is 1.50 bits per heavy atom. The van der Waals surface area contributed by atoms with E-state index in [0.29, 0.717) is 10.8 Å². The van der Waals surface area contributed by atoms with Crippen LogP contribution in [0.15, 0.2) is 70.5 Å². The Labute approximate surface area is 127 Å².